The molecule has 3 heteroatoms. The highest BCUT2D eigenvalue weighted by Crippen LogP contribution is 2.23. The van der Waals surface area contributed by atoms with Gasteiger partial charge in [0, 0.05) is 12.6 Å². The molecule has 2 rings (SSSR count). The van der Waals surface area contributed by atoms with E-state index >= 15 is 0 Å². The molecule has 1 atom stereocenters. The van der Waals surface area contributed by atoms with Crippen molar-refractivity contribution >= 4 is 5.97 Å². The van der Waals surface area contributed by atoms with Crippen LogP contribution in [0.4, 0.5) is 0 Å². The Labute approximate surface area is 125 Å². The molecule has 0 spiro atoms. The first-order valence-corrected chi connectivity index (χ1v) is 7.17. The molecule has 1 unspecified atom stereocenters. The zero-order valence-electron chi connectivity index (χ0n) is 12.3. The number of carboxylic acid groups (broad SMARTS) is 1. The number of likely N-dealkylation sites (N-methyl/N-ethyl adjacent to an activating group) is 1. The van der Waals surface area contributed by atoms with Gasteiger partial charge in [0.1, 0.15) is 0 Å². The number of benzene rings is 2. The van der Waals surface area contributed by atoms with Gasteiger partial charge in [-0.1, -0.05) is 60.7 Å². The van der Waals surface area contributed by atoms with E-state index in [1.165, 1.54) is 5.56 Å². The Morgan fingerprint density at radius 1 is 1.05 bits per heavy atom. The largest absolute Gasteiger partial charge is 0.481 e. The van der Waals surface area contributed by atoms with Crippen molar-refractivity contribution < 1.29 is 9.90 Å². The number of hydrogen-bond acceptors (Lipinski definition) is 2. The summed E-state index contributed by atoms with van der Waals surface area (Å²) in [5.41, 5.74) is 2.32. The van der Waals surface area contributed by atoms with E-state index in [1.807, 2.05) is 55.6 Å². The highest BCUT2D eigenvalue weighted by atomic mass is 16.4. The van der Waals surface area contributed by atoms with Crippen LogP contribution in [-0.4, -0.2) is 29.6 Å². The summed E-state index contributed by atoms with van der Waals surface area (Å²) in [6, 6.07) is 20.0. The Morgan fingerprint density at radius 2 is 1.62 bits per heavy atom. The number of hydrogen-bond donors (Lipinski definition) is 1. The minimum absolute atomic E-state index is 0.0904. The maximum Gasteiger partial charge on any atom is 0.305 e. The van der Waals surface area contributed by atoms with E-state index in [2.05, 4.69) is 17.0 Å². The average molecular weight is 283 g/mol. The van der Waals surface area contributed by atoms with Gasteiger partial charge in [-0.15, -0.1) is 0 Å². The van der Waals surface area contributed by atoms with Crippen molar-refractivity contribution in [2.45, 2.75) is 18.9 Å². The van der Waals surface area contributed by atoms with Crippen LogP contribution in [0.5, 0.6) is 0 Å². The van der Waals surface area contributed by atoms with Crippen molar-refractivity contribution in [3.8, 4) is 0 Å². The lowest BCUT2D eigenvalue weighted by Gasteiger charge is -2.27. The van der Waals surface area contributed by atoms with Crippen LogP contribution in [0.15, 0.2) is 60.7 Å². The standard InChI is InChI=1S/C18H21NO2/c1-19(13-12-15-8-4-2-5-9-15)17(14-18(20)21)16-10-6-3-7-11-16/h2-11,17H,12-14H2,1H3,(H,20,21). The van der Waals surface area contributed by atoms with E-state index in [9.17, 15) is 4.79 Å². The Bertz CT molecular complexity index is 554. The molecule has 0 aliphatic carbocycles. The lowest BCUT2D eigenvalue weighted by molar-refractivity contribution is -0.138. The zero-order chi connectivity index (χ0) is 15.1. The molecule has 1 N–H and O–H groups in total. The molecule has 21 heavy (non-hydrogen) atoms. The molecule has 110 valence electrons. The number of rotatable bonds is 7. The van der Waals surface area contributed by atoms with E-state index in [1.54, 1.807) is 0 Å². The molecular weight excluding hydrogens is 262 g/mol. The quantitative estimate of drug-likeness (QED) is 0.847. The van der Waals surface area contributed by atoms with Gasteiger partial charge in [0.05, 0.1) is 6.42 Å². The van der Waals surface area contributed by atoms with Crippen molar-refractivity contribution in [2.24, 2.45) is 0 Å². The SMILES string of the molecule is CN(CCc1ccccc1)C(CC(=O)O)c1ccccc1. The summed E-state index contributed by atoms with van der Waals surface area (Å²) < 4.78 is 0. The Hall–Kier alpha value is -2.13. The van der Waals surface area contributed by atoms with Gasteiger partial charge in [-0.3, -0.25) is 9.69 Å². The first-order chi connectivity index (χ1) is 10.2. The second-order valence-electron chi connectivity index (χ2n) is 5.24. The third kappa shape index (κ3) is 4.72. The molecule has 0 bridgehead atoms. The maximum absolute atomic E-state index is 11.1. The average Bonchev–Trinajstić information content (AvgIpc) is 2.52. The van der Waals surface area contributed by atoms with Crippen LogP contribution in [-0.2, 0) is 11.2 Å². The molecule has 0 radical (unpaired) electrons. The number of carboxylic acids is 1. The first-order valence-electron chi connectivity index (χ1n) is 7.17. The molecular formula is C18H21NO2. The molecule has 2 aromatic carbocycles. The van der Waals surface area contributed by atoms with Gasteiger partial charge in [0.15, 0.2) is 0 Å². The predicted molar refractivity (Wildman–Crippen MR) is 84.2 cm³/mol. The molecule has 0 saturated carbocycles. The fourth-order valence-corrected chi connectivity index (χ4v) is 2.47. The molecule has 0 saturated heterocycles. The Kier molecular flexibility index (Phi) is 5.52. The highest BCUT2D eigenvalue weighted by Gasteiger charge is 2.19. The fraction of sp³-hybridized carbons (Fsp3) is 0.278. The molecule has 0 fully saturated rings. The van der Waals surface area contributed by atoms with E-state index in [4.69, 9.17) is 5.11 Å². The minimum atomic E-state index is -0.768. The molecule has 0 amide bonds. The monoisotopic (exact) mass is 283 g/mol. The van der Waals surface area contributed by atoms with Crippen molar-refractivity contribution in [3.63, 3.8) is 0 Å². The zero-order valence-corrected chi connectivity index (χ0v) is 12.3. The molecule has 2 aromatic rings. The van der Waals surface area contributed by atoms with Crippen molar-refractivity contribution in [1.29, 1.82) is 0 Å². The van der Waals surface area contributed by atoms with Gasteiger partial charge < -0.3 is 5.11 Å². The molecule has 0 aliphatic heterocycles. The van der Waals surface area contributed by atoms with Crippen LogP contribution >= 0.6 is 0 Å². The summed E-state index contributed by atoms with van der Waals surface area (Å²) in [4.78, 5) is 13.3. The summed E-state index contributed by atoms with van der Waals surface area (Å²) in [5, 5.41) is 9.15. The van der Waals surface area contributed by atoms with Crippen LogP contribution in [0.25, 0.3) is 0 Å². The summed E-state index contributed by atoms with van der Waals surface area (Å²) in [6.07, 6.45) is 1.04. The molecule has 0 aliphatic rings. The third-order valence-corrected chi connectivity index (χ3v) is 3.68. The summed E-state index contributed by atoms with van der Waals surface area (Å²) >= 11 is 0. The lowest BCUT2D eigenvalue weighted by atomic mass is 10.0. The van der Waals surface area contributed by atoms with Gasteiger partial charge in [-0.2, -0.15) is 0 Å². The molecule has 0 aromatic heterocycles. The van der Waals surface area contributed by atoms with Crippen LogP contribution < -0.4 is 0 Å². The van der Waals surface area contributed by atoms with Gasteiger partial charge in [0.25, 0.3) is 0 Å². The first kappa shape index (κ1) is 15.3. The predicted octanol–water partition coefficient (Wildman–Crippen LogP) is 3.38. The van der Waals surface area contributed by atoms with Crippen molar-refractivity contribution in [1.82, 2.24) is 4.90 Å². The van der Waals surface area contributed by atoms with Gasteiger partial charge in [-0.25, -0.2) is 0 Å². The summed E-state index contributed by atoms with van der Waals surface area (Å²) in [7, 11) is 1.99. The summed E-state index contributed by atoms with van der Waals surface area (Å²) in [5.74, 6) is -0.768. The van der Waals surface area contributed by atoms with Crippen LogP contribution in [0.1, 0.15) is 23.6 Å². The van der Waals surface area contributed by atoms with E-state index < -0.39 is 5.97 Å². The highest BCUT2D eigenvalue weighted by molar-refractivity contribution is 5.67. The Morgan fingerprint density at radius 3 is 2.19 bits per heavy atom. The van der Waals surface area contributed by atoms with E-state index in [0.29, 0.717) is 0 Å². The summed E-state index contributed by atoms with van der Waals surface area (Å²) in [6.45, 7) is 0.830. The van der Waals surface area contributed by atoms with Crippen molar-refractivity contribution in [3.05, 3.63) is 71.8 Å². The minimum Gasteiger partial charge on any atom is -0.481 e. The third-order valence-electron chi connectivity index (χ3n) is 3.68. The van der Waals surface area contributed by atoms with Crippen LogP contribution in [0.3, 0.4) is 0 Å². The smallest absolute Gasteiger partial charge is 0.305 e. The van der Waals surface area contributed by atoms with Crippen LogP contribution in [0.2, 0.25) is 0 Å². The molecule has 3 nitrogen and oxygen atoms in total. The van der Waals surface area contributed by atoms with E-state index in [-0.39, 0.29) is 12.5 Å². The number of aliphatic carboxylic acids is 1. The Balaban J connectivity index is 2.04. The van der Waals surface area contributed by atoms with Gasteiger partial charge >= 0.3 is 5.97 Å². The van der Waals surface area contributed by atoms with E-state index in [0.717, 1.165) is 18.5 Å². The lowest BCUT2D eigenvalue weighted by Crippen LogP contribution is -2.28. The number of nitrogens with zero attached hydrogens (tertiary/aromatic N) is 1. The normalized spacial score (nSPS) is 12.3. The second-order valence-corrected chi connectivity index (χ2v) is 5.24. The number of carbonyl (C=O) groups is 1. The van der Waals surface area contributed by atoms with Crippen LogP contribution in [0, 0.1) is 0 Å². The van der Waals surface area contributed by atoms with Gasteiger partial charge in [0.2, 0.25) is 0 Å². The van der Waals surface area contributed by atoms with Gasteiger partial charge in [-0.05, 0) is 24.6 Å². The van der Waals surface area contributed by atoms with Crippen molar-refractivity contribution in [2.75, 3.05) is 13.6 Å². The topological polar surface area (TPSA) is 40.5 Å². The maximum atomic E-state index is 11.1. The fourth-order valence-electron chi connectivity index (χ4n) is 2.47. The molecule has 0 heterocycles. The second kappa shape index (κ2) is 7.60.